The van der Waals surface area contributed by atoms with Gasteiger partial charge in [-0.15, -0.1) is 0 Å². The Morgan fingerprint density at radius 2 is 0.475 bits per heavy atom. The third-order valence-electron chi connectivity index (χ3n) is 24.5. The molecule has 1 fully saturated rings. The number of hydrogen-bond acceptors (Lipinski definition) is 4. The van der Waals surface area contributed by atoms with Crippen LogP contribution in [0.15, 0.2) is 453 Å². The predicted molar refractivity (Wildman–Crippen MR) is 502 cm³/mol. The highest BCUT2D eigenvalue weighted by molar-refractivity contribution is 9.10. The number of aromatic nitrogens is 2. The van der Waals surface area contributed by atoms with E-state index in [2.05, 4.69) is 474 Å². The molecule has 0 radical (unpaired) electrons. The Balaban J connectivity index is 0.000000127. The highest BCUT2D eigenvalue weighted by Crippen LogP contribution is 2.59. The maximum atomic E-state index is 6.24. The molecule has 4 nitrogen and oxygen atoms in total. The summed E-state index contributed by atoms with van der Waals surface area (Å²) in [4.78, 5) is 10.3. The zero-order chi connectivity index (χ0) is 81.2. The molecule has 6 heteroatoms. The Morgan fingerprint density at radius 3 is 0.858 bits per heavy atom. The van der Waals surface area contributed by atoms with Crippen molar-refractivity contribution in [2.45, 2.75) is 49.7 Å². The smallest absolute Gasteiger partial charge is 0.399 e. The van der Waals surface area contributed by atoms with Crippen molar-refractivity contribution < 1.29 is 9.31 Å². The topological polar surface area (TPSA) is 44.2 Å². The van der Waals surface area contributed by atoms with E-state index in [1.165, 1.54) is 94.6 Å². The lowest BCUT2D eigenvalue weighted by atomic mass is 9.67. The molecule has 0 saturated carbocycles. The van der Waals surface area contributed by atoms with Gasteiger partial charge in [0.2, 0.25) is 0 Å². The Morgan fingerprint density at radius 1 is 0.208 bits per heavy atom. The van der Waals surface area contributed by atoms with E-state index in [9.17, 15) is 0 Å². The summed E-state index contributed by atoms with van der Waals surface area (Å²) in [5.41, 5.74) is 35.2. The van der Waals surface area contributed by atoms with Gasteiger partial charge in [-0.25, -0.2) is 9.97 Å². The summed E-state index contributed by atoms with van der Waals surface area (Å²) < 4.78 is 13.6. The zero-order valence-electron chi connectivity index (χ0n) is 67.4. The normalized spacial score (nSPS) is 13.9. The third-order valence-corrected chi connectivity index (χ3v) is 25.0. The van der Waals surface area contributed by atoms with E-state index in [0.29, 0.717) is 0 Å². The summed E-state index contributed by atoms with van der Waals surface area (Å²) in [7, 11) is -0.364. The number of hydrogen-bond donors (Lipinski definition) is 0. The Bertz CT molecular complexity index is 6480. The van der Waals surface area contributed by atoms with E-state index in [0.717, 1.165) is 82.8 Å². The zero-order valence-corrected chi connectivity index (χ0v) is 69.0. The van der Waals surface area contributed by atoms with Gasteiger partial charge in [-0.2, -0.15) is 0 Å². The van der Waals surface area contributed by atoms with Crippen molar-refractivity contribution >= 4 is 28.5 Å². The lowest BCUT2D eigenvalue weighted by Gasteiger charge is -2.34. The highest BCUT2D eigenvalue weighted by Gasteiger charge is 2.52. The van der Waals surface area contributed by atoms with Gasteiger partial charge in [-0.3, -0.25) is 0 Å². The molecular formula is C114H86BBrN2O2. The summed E-state index contributed by atoms with van der Waals surface area (Å²) in [6.45, 7) is 8.32. The molecule has 0 atom stereocenters. The van der Waals surface area contributed by atoms with Crippen LogP contribution in [0.3, 0.4) is 0 Å². The fourth-order valence-corrected chi connectivity index (χ4v) is 18.2. The van der Waals surface area contributed by atoms with E-state index < -0.39 is 5.41 Å². The highest BCUT2D eigenvalue weighted by atomic mass is 79.9. The minimum Gasteiger partial charge on any atom is -0.399 e. The fraction of sp³-hybridized carbons (Fsp3) is 0.0702. The van der Waals surface area contributed by atoms with Gasteiger partial charge < -0.3 is 9.31 Å². The van der Waals surface area contributed by atoms with E-state index in [-0.39, 0.29) is 23.7 Å². The van der Waals surface area contributed by atoms with Crippen molar-refractivity contribution in [1.29, 1.82) is 0 Å². The second-order valence-corrected chi connectivity index (χ2v) is 33.1. The first-order valence-corrected chi connectivity index (χ1v) is 42.1. The number of rotatable bonds is 14. The van der Waals surface area contributed by atoms with Crippen LogP contribution in [0.4, 0.5) is 0 Å². The average molecular weight is 1610 g/mol. The Hall–Kier alpha value is -13.7. The molecule has 0 N–H and O–H groups in total. The number of fused-ring (bicyclic) bond motifs is 6. The molecule has 0 amide bonds. The molecule has 120 heavy (non-hydrogen) atoms. The third kappa shape index (κ3) is 14.5. The maximum Gasteiger partial charge on any atom is 0.494 e. The molecule has 16 aromatic carbocycles. The van der Waals surface area contributed by atoms with Crippen molar-refractivity contribution in [2.75, 3.05) is 0 Å². The second-order valence-electron chi connectivity index (χ2n) is 32.2. The van der Waals surface area contributed by atoms with Crippen LogP contribution in [-0.4, -0.2) is 28.3 Å². The van der Waals surface area contributed by atoms with Crippen molar-refractivity contribution in [1.82, 2.24) is 9.97 Å². The van der Waals surface area contributed by atoms with Crippen LogP contribution in [0.2, 0.25) is 0 Å². The van der Waals surface area contributed by atoms with Crippen LogP contribution >= 0.6 is 15.9 Å². The van der Waals surface area contributed by atoms with Crippen molar-refractivity contribution in [3.8, 4) is 123 Å². The van der Waals surface area contributed by atoms with Gasteiger partial charge in [-0.1, -0.05) is 410 Å². The standard InChI is InChI=1S/C54H37N.C35H32BNO2.C25H17Br/c1-5-16-38(17-6-1)45-36-52(41-18-7-2-8-19-41)55-53(37-45)44-21-15-20-42(34-44)39-28-30-40(31-29-39)43-32-33-49-48-26-13-14-27-50(48)54(51(49)35-43,46-22-9-3-10-23-46)47-24-11-4-12-25-47;1-34(2)35(3,4)39-36(38-34)31-20-18-26(19-21-31)28-16-11-17-29(22-28)33-24-30(25-12-7-5-8-13-25)23-32(37-33)27-14-9-6-10-15-27;26-20-15-16-22-21-13-7-8-14-23(21)25(24(22)17-20,18-9-3-1-4-10-18)19-11-5-2-6-12-19/h1-37H;5-24H,1-4H3;1-17H. The summed E-state index contributed by atoms with van der Waals surface area (Å²) in [5, 5.41) is 0. The second kappa shape index (κ2) is 32.6. The average Bonchev–Trinajstić information content (AvgIpc) is 1.51. The molecule has 18 aromatic rings. The molecule has 2 aliphatic carbocycles. The van der Waals surface area contributed by atoms with Crippen LogP contribution in [0.25, 0.3) is 123 Å². The van der Waals surface area contributed by atoms with E-state index >= 15 is 0 Å². The van der Waals surface area contributed by atoms with Crippen LogP contribution in [0.1, 0.15) is 72.2 Å². The first-order chi connectivity index (χ1) is 58.9. The molecule has 1 saturated heterocycles. The van der Waals surface area contributed by atoms with E-state index in [1.54, 1.807) is 0 Å². The molecule has 3 aliphatic rings. The first kappa shape index (κ1) is 76.3. The maximum absolute atomic E-state index is 6.24. The molecule has 3 heterocycles. The molecule has 1 aliphatic heterocycles. The van der Waals surface area contributed by atoms with Crippen LogP contribution < -0.4 is 5.46 Å². The monoisotopic (exact) mass is 1600 g/mol. The number of benzene rings is 16. The molecule has 2 aromatic heterocycles. The number of pyridine rings is 2. The van der Waals surface area contributed by atoms with E-state index in [1.807, 2.05) is 18.2 Å². The number of nitrogens with zero attached hydrogens (tertiary/aromatic N) is 2. The SMILES string of the molecule is Brc1ccc2c(c1)C(c1ccccc1)(c1ccccc1)c1ccccc1-2.CC1(C)OB(c2ccc(-c3cccc(-c4cc(-c5ccccc5)cc(-c5ccccc5)n4)c3)cc2)OC1(C)C.c1ccc(-c2cc(-c3ccccc3)nc(-c3cccc(-c4ccc(-c5ccc6c(c5)C(c5ccccc5)(c5ccccc5)c5ccccc5-6)cc4)c3)c2)cc1. The Kier molecular flexibility index (Phi) is 20.7. The molecule has 0 spiro atoms. The lowest BCUT2D eigenvalue weighted by molar-refractivity contribution is 0.00578. The molecule has 0 bridgehead atoms. The summed E-state index contributed by atoms with van der Waals surface area (Å²) in [6, 6.07) is 161. The van der Waals surface area contributed by atoms with Gasteiger partial charge >= 0.3 is 7.12 Å². The summed E-state index contributed by atoms with van der Waals surface area (Å²) in [5.74, 6) is 0. The van der Waals surface area contributed by atoms with Crippen molar-refractivity contribution in [3.05, 3.63) is 498 Å². The Labute approximate surface area is 713 Å². The summed E-state index contributed by atoms with van der Waals surface area (Å²) in [6.07, 6.45) is 0. The molecule has 21 rings (SSSR count). The predicted octanol–water partition coefficient (Wildman–Crippen LogP) is 28.6. The van der Waals surface area contributed by atoms with Crippen LogP contribution in [-0.2, 0) is 20.1 Å². The van der Waals surface area contributed by atoms with Gasteiger partial charge in [-0.05, 0) is 210 Å². The van der Waals surface area contributed by atoms with Gasteiger partial charge in [0, 0.05) is 26.7 Å². The largest absolute Gasteiger partial charge is 0.494 e. The fourth-order valence-electron chi connectivity index (χ4n) is 17.9. The lowest BCUT2D eigenvalue weighted by Crippen LogP contribution is -2.41. The summed E-state index contributed by atoms with van der Waals surface area (Å²) >= 11 is 3.71. The molecular weight excluding hydrogens is 1520 g/mol. The van der Waals surface area contributed by atoms with Crippen molar-refractivity contribution in [2.24, 2.45) is 0 Å². The van der Waals surface area contributed by atoms with Gasteiger partial charge in [0.15, 0.2) is 0 Å². The van der Waals surface area contributed by atoms with E-state index in [4.69, 9.17) is 19.3 Å². The van der Waals surface area contributed by atoms with Crippen LogP contribution in [0, 0.1) is 0 Å². The first-order valence-electron chi connectivity index (χ1n) is 41.3. The van der Waals surface area contributed by atoms with Gasteiger partial charge in [0.1, 0.15) is 0 Å². The molecule has 574 valence electrons. The van der Waals surface area contributed by atoms with Gasteiger partial charge in [0.25, 0.3) is 0 Å². The minimum atomic E-state index is -0.420. The van der Waals surface area contributed by atoms with Crippen molar-refractivity contribution in [3.63, 3.8) is 0 Å². The number of halogens is 1. The quantitative estimate of drug-likeness (QED) is 0.102. The minimum absolute atomic E-state index is 0.293. The van der Waals surface area contributed by atoms with Gasteiger partial charge in [0.05, 0.1) is 44.8 Å². The molecule has 0 unspecified atom stereocenters. The van der Waals surface area contributed by atoms with Crippen LogP contribution in [0.5, 0.6) is 0 Å².